The predicted molar refractivity (Wildman–Crippen MR) is 96.1 cm³/mol. The first-order valence-electron chi connectivity index (χ1n) is 7.83. The second kappa shape index (κ2) is 7.79. The highest BCUT2D eigenvalue weighted by atomic mass is 32.2. The Morgan fingerprint density at radius 1 is 0.913 bits per heavy atom. The van der Waals surface area contributed by atoms with Crippen LogP contribution in [0.4, 0.5) is 0 Å². The van der Waals surface area contributed by atoms with Crippen LogP contribution in [0, 0.1) is 0 Å². The third kappa shape index (κ3) is 3.85. The van der Waals surface area contributed by atoms with Crippen LogP contribution in [0.3, 0.4) is 0 Å². The molecule has 3 rings (SSSR count). The highest BCUT2D eigenvalue weighted by Gasteiger charge is 2.34. The van der Waals surface area contributed by atoms with Gasteiger partial charge < -0.3 is 0 Å². The Hall–Kier alpha value is -1.59. The van der Waals surface area contributed by atoms with Gasteiger partial charge in [-0.1, -0.05) is 24.6 Å². The van der Waals surface area contributed by atoms with Crippen molar-refractivity contribution in [3.8, 4) is 0 Å². The van der Waals surface area contributed by atoms with Crippen molar-refractivity contribution < 1.29 is 9.59 Å². The number of carbonyl (C=O) groups is 2. The van der Waals surface area contributed by atoms with E-state index in [1.165, 1.54) is 9.78 Å². The van der Waals surface area contributed by atoms with Gasteiger partial charge in [0.25, 0.3) is 11.8 Å². The number of hydrogen-bond donors (Lipinski definition) is 0. The Kier molecular flexibility index (Phi) is 5.51. The van der Waals surface area contributed by atoms with Crippen molar-refractivity contribution in [2.24, 2.45) is 0 Å². The number of thiophene rings is 1. The maximum atomic E-state index is 12.2. The number of carbonyl (C=O) groups excluding carboxylic acids is 2. The van der Waals surface area contributed by atoms with E-state index in [1.54, 1.807) is 35.6 Å². The number of unbranched alkanes of at least 4 members (excludes halogenated alkanes) is 2. The molecule has 23 heavy (non-hydrogen) atoms. The normalized spacial score (nSPS) is 13.7. The van der Waals surface area contributed by atoms with Gasteiger partial charge in [-0.15, -0.1) is 11.3 Å². The van der Waals surface area contributed by atoms with E-state index in [4.69, 9.17) is 0 Å². The van der Waals surface area contributed by atoms with Crippen LogP contribution in [0.5, 0.6) is 0 Å². The van der Waals surface area contributed by atoms with Gasteiger partial charge in [0.1, 0.15) is 0 Å². The van der Waals surface area contributed by atoms with E-state index in [9.17, 15) is 9.59 Å². The Labute approximate surface area is 144 Å². The SMILES string of the molecule is O=C1c2ccccc2C(=O)N1CCCCCSCc1cccs1. The standard InChI is InChI=1S/C18H19NO2S2/c20-17-15-8-2-3-9-16(15)18(21)19(17)10-4-1-5-11-22-13-14-7-6-12-23-14/h2-3,6-9,12H,1,4-5,10-11,13H2. The zero-order valence-electron chi connectivity index (χ0n) is 12.9. The number of fused-ring (bicyclic) bond motifs is 1. The molecule has 0 bridgehead atoms. The van der Waals surface area contributed by atoms with Gasteiger partial charge in [-0.05, 0) is 42.2 Å². The van der Waals surface area contributed by atoms with E-state index >= 15 is 0 Å². The fourth-order valence-corrected chi connectivity index (χ4v) is 4.52. The Morgan fingerprint density at radius 3 is 2.30 bits per heavy atom. The van der Waals surface area contributed by atoms with Crippen molar-refractivity contribution >= 4 is 34.9 Å². The van der Waals surface area contributed by atoms with Gasteiger partial charge in [0, 0.05) is 17.2 Å². The van der Waals surface area contributed by atoms with Crippen molar-refractivity contribution in [1.82, 2.24) is 4.90 Å². The maximum absolute atomic E-state index is 12.2. The zero-order valence-corrected chi connectivity index (χ0v) is 14.5. The van der Waals surface area contributed by atoms with Crippen molar-refractivity contribution in [3.05, 3.63) is 57.8 Å². The Balaban J connectivity index is 1.35. The molecule has 3 nitrogen and oxygen atoms in total. The van der Waals surface area contributed by atoms with Gasteiger partial charge in [0.05, 0.1) is 11.1 Å². The van der Waals surface area contributed by atoms with Crippen LogP contribution in [0.1, 0.15) is 44.9 Å². The summed E-state index contributed by atoms with van der Waals surface area (Å²) in [5.74, 6) is 1.92. The van der Waals surface area contributed by atoms with Gasteiger partial charge in [0.15, 0.2) is 0 Å². The molecular formula is C18H19NO2S2. The molecule has 0 N–H and O–H groups in total. The predicted octanol–water partition coefficient (Wildman–Crippen LogP) is 4.45. The molecule has 1 aliphatic heterocycles. The molecule has 0 radical (unpaired) electrons. The lowest BCUT2D eigenvalue weighted by atomic mass is 10.1. The van der Waals surface area contributed by atoms with E-state index in [0.717, 1.165) is 30.8 Å². The lowest BCUT2D eigenvalue weighted by Gasteiger charge is -2.13. The topological polar surface area (TPSA) is 37.4 Å². The number of benzene rings is 1. The summed E-state index contributed by atoms with van der Waals surface area (Å²) < 4.78 is 0. The van der Waals surface area contributed by atoms with E-state index < -0.39 is 0 Å². The highest BCUT2D eigenvalue weighted by Crippen LogP contribution is 2.23. The summed E-state index contributed by atoms with van der Waals surface area (Å²) in [5, 5.41) is 2.11. The average Bonchev–Trinajstić information content (AvgIpc) is 3.17. The van der Waals surface area contributed by atoms with Crippen molar-refractivity contribution in [2.45, 2.75) is 25.0 Å². The molecule has 0 fully saturated rings. The van der Waals surface area contributed by atoms with Crippen molar-refractivity contribution in [3.63, 3.8) is 0 Å². The molecule has 2 amide bonds. The number of hydrogen-bond acceptors (Lipinski definition) is 4. The number of imide groups is 1. The van der Waals surface area contributed by atoms with Crippen LogP contribution in [0.15, 0.2) is 41.8 Å². The second-order valence-electron chi connectivity index (χ2n) is 5.50. The minimum atomic E-state index is -0.141. The first-order valence-corrected chi connectivity index (χ1v) is 9.86. The summed E-state index contributed by atoms with van der Waals surface area (Å²) in [6.07, 6.45) is 3.05. The molecule has 5 heteroatoms. The van der Waals surface area contributed by atoms with Crippen LogP contribution in [0.2, 0.25) is 0 Å². The number of amides is 2. The molecule has 1 aromatic heterocycles. The largest absolute Gasteiger partial charge is 0.274 e. The van der Waals surface area contributed by atoms with Gasteiger partial charge in [-0.2, -0.15) is 11.8 Å². The van der Waals surface area contributed by atoms with E-state index in [1.807, 2.05) is 11.8 Å². The lowest BCUT2D eigenvalue weighted by Crippen LogP contribution is -2.30. The maximum Gasteiger partial charge on any atom is 0.261 e. The number of thioether (sulfide) groups is 1. The fraction of sp³-hybridized carbons (Fsp3) is 0.333. The third-order valence-electron chi connectivity index (χ3n) is 3.87. The summed E-state index contributed by atoms with van der Waals surface area (Å²) in [5.41, 5.74) is 1.09. The fourth-order valence-electron chi connectivity index (χ4n) is 2.66. The Bertz CT molecular complexity index is 647. The zero-order chi connectivity index (χ0) is 16.1. The summed E-state index contributed by atoms with van der Waals surface area (Å²) >= 11 is 3.75. The number of nitrogens with zero attached hydrogens (tertiary/aromatic N) is 1. The van der Waals surface area contributed by atoms with Crippen LogP contribution >= 0.6 is 23.1 Å². The summed E-state index contributed by atoms with van der Waals surface area (Å²) in [4.78, 5) is 27.2. The van der Waals surface area contributed by atoms with Crippen LogP contribution in [0.25, 0.3) is 0 Å². The molecular weight excluding hydrogens is 326 g/mol. The first-order chi connectivity index (χ1) is 11.3. The smallest absolute Gasteiger partial charge is 0.261 e. The molecule has 0 spiro atoms. The lowest BCUT2D eigenvalue weighted by molar-refractivity contribution is 0.0651. The van der Waals surface area contributed by atoms with E-state index in [2.05, 4.69) is 17.5 Å². The molecule has 1 aromatic carbocycles. The van der Waals surface area contributed by atoms with Crippen LogP contribution in [-0.4, -0.2) is 29.0 Å². The van der Waals surface area contributed by atoms with Crippen molar-refractivity contribution in [1.29, 1.82) is 0 Å². The molecule has 0 aliphatic carbocycles. The molecule has 2 aromatic rings. The minimum absolute atomic E-state index is 0.141. The van der Waals surface area contributed by atoms with Gasteiger partial charge >= 0.3 is 0 Å². The van der Waals surface area contributed by atoms with E-state index in [0.29, 0.717) is 17.7 Å². The van der Waals surface area contributed by atoms with Gasteiger partial charge in [0.2, 0.25) is 0 Å². The minimum Gasteiger partial charge on any atom is -0.274 e. The third-order valence-corrected chi connectivity index (χ3v) is 6.02. The van der Waals surface area contributed by atoms with Crippen LogP contribution in [-0.2, 0) is 5.75 Å². The molecule has 0 saturated carbocycles. The Morgan fingerprint density at radius 2 is 1.65 bits per heavy atom. The molecule has 0 unspecified atom stereocenters. The average molecular weight is 345 g/mol. The van der Waals surface area contributed by atoms with E-state index in [-0.39, 0.29) is 11.8 Å². The molecule has 120 valence electrons. The highest BCUT2D eigenvalue weighted by molar-refractivity contribution is 7.98. The van der Waals surface area contributed by atoms with Gasteiger partial charge in [-0.25, -0.2) is 0 Å². The molecule has 0 atom stereocenters. The quantitative estimate of drug-likeness (QED) is 0.524. The second-order valence-corrected chi connectivity index (χ2v) is 7.64. The monoisotopic (exact) mass is 345 g/mol. The number of rotatable bonds is 8. The molecule has 1 aliphatic rings. The summed E-state index contributed by atoms with van der Waals surface area (Å²) in [7, 11) is 0. The first kappa shape index (κ1) is 16.3. The summed E-state index contributed by atoms with van der Waals surface area (Å²) in [6.45, 7) is 0.530. The van der Waals surface area contributed by atoms with Gasteiger partial charge in [-0.3, -0.25) is 14.5 Å². The molecule has 2 heterocycles. The molecule has 0 saturated heterocycles. The van der Waals surface area contributed by atoms with Crippen LogP contribution < -0.4 is 0 Å². The van der Waals surface area contributed by atoms with Crippen molar-refractivity contribution in [2.75, 3.05) is 12.3 Å². The summed E-state index contributed by atoms with van der Waals surface area (Å²) in [6, 6.07) is 11.3.